The Bertz CT molecular complexity index is 156. The summed E-state index contributed by atoms with van der Waals surface area (Å²) in [5, 5.41) is 0. The zero-order valence-electron chi connectivity index (χ0n) is 10.2. The summed E-state index contributed by atoms with van der Waals surface area (Å²) in [5.41, 5.74) is 5.69. The average molecular weight is 214 g/mol. The number of hydrogen-bond acceptors (Lipinski definition) is 3. The lowest BCUT2D eigenvalue weighted by molar-refractivity contribution is 0.139. The van der Waals surface area contributed by atoms with Gasteiger partial charge in [0.25, 0.3) is 0 Å². The molecule has 1 saturated carbocycles. The maximum Gasteiger partial charge on any atom is 0.0474 e. The first kappa shape index (κ1) is 12.9. The van der Waals surface area contributed by atoms with Crippen LogP contribution in [0.3, 0.4) is 0 Å². The van der Waals surface area contributed by atoms with Crippen LogP contribution in [0.2, 0.25) is 0 Å². The number of methoxy groups -OCH3 is 1. The molecule has 0 bridgehead atoms. The van der Waals surface area contributed by atoms with E-state index in [-0.39, 0.29) is 0 Å². The van der Waals surface area contributed by atoms with E-state index in [2.05, 4.69) is 11.9 Å². The van der Waals surface area contributed by atoms with E-state index in [1.807, 2.05) is 0 Å². The van der Waals surface area contributed by atoms with Crippen LogP contribution in [-0.4, -0.2) is 44.8 Å². The summed E-state index contributed by atoms with van der Waals surface area (Å²) in [7, 11) is 4.01. The normalized spacial score (nSPS) is 27.2. The highest BCUT2D eigenvalue weighted by molar-refractivity contribution is 4.78. The maximum atomic E-state index is 5.69. The number of ether oxygens (including phenoxy) is 1. The van der Waals surface area contributed by atoms with E-state index in [9.17, 15) is 0 Å². The third-order valence-corrected chi connectivity index (χ3v) is 3.63. The molecule has 0 heterocycles. The van der Waals surface area contributed by atoms with Crippen molar-refractivity contribution in [2.45, 2.75) is 38.1 Å². The van der Waals surface area contributed by atoms with Gasteiger partial charge in [-0.05, 0) is 51.6 Å². The molecule has 0 spiro atoms. The summed E-state index contributed by atoms with van der Waals surface area (Å²) in [6.07, 6.45) is 6.42. The Morgan fingerprint density at radius 2 is 1.93 bits per heavy atom. The standard InChI is InChI=1S/C12H26N2O/c1-14(8-3-9-15-2)12-6-4-11(10-13)5-7-12/h11-12H,3-10,13H2,1-2H3/t11-,12-. The topological polar surface area (TPSA) is 38.5 Å². The molecular weight excluding hydrogens is 188 g/mol. The van der Waals surface area contributed by atoms with Crippen LogP contribution in [0, 0.1) is 5.92 Å². The lowest BCUT2D eigenvalue weighted by atomic mass is 9.85. The summed E-state index contributed by atoms with van der Waals surface area (Å²) in [6.45, 7) is 2.91. The minimum Gasteiger partial charge on any atom is -0.385 e. The van der Waals surface area contributed by atoms with E-state index in [1.54, 1.807) is 7.11 Å². The lowest BCUT2D eigenvalue weighted by Gasteiger charge is -2.34. The van der Waals surface area contributed by atoms with E-state index >= 15 is 0 Å². The van der Waals surface area contributed by atoms with E-state index in [1.165, 1.54) is 25.7 Å². The van der Waals surface area contributed by atoms with Crippen LogP contribution in [0.25, 0.3) is 0 Å². The van der Waals surface area contributed by atoms with Gasteiger partial charge in [0.15, 0.2) is 0 Å². The molecular formula is C12H26N2O. The minimum absolute atomic E-state index is 0.782. The fourth-order valence-electron chi connectivity index (χ4n) is 2.46. The summed E-state index contributed by atoms with van der Waals surface area (Å²) < 4.78 is 5.07. The molecule has 0 atom stereocenters. The van der Waals surface area contributed by atoms with Crippen molar-refractivity contribution in [3.05, 3.63) is 0 Å². The van der Waals surface area contributed by atoms with Gasteiger partial charge >= 0.3 is 0 Å². The third-order valence-electron chi connectivity index (χ3n) is 3.63. The molecule has 0 amide bonds. The number of hydrogen-bond donors (Lipinski definition) is 1. The predicted molar refractivity (Wildman–Crippen MR) is 63.9 cm³/mol. The van der Waals surface area contributed by atoms with Crippen molar-refractivity contribution in [2.24, 2.45) is 11.7 Å². The molecule has 0 saturated heterocycles. The first-order valence-corrected chi connectivity index (χ1v) is 6.17. The molecule has 2 N–H and O–H groups in total. The Balaban J connectivity index is 2.15. The van der Waals surface area contributed by atoms with Crippen LogP contribution in [0.4, 0.5) is 0 Å². The van der Waals surface area contributed by atoms with Crippen molar-refractivity contribution < 1.29 is 4.74 Å². The highest BCUT2D eigenvalue weighted by Crippen LogP contribution is 2.26. The second-order valence-electron chi connectivity index (χ2n) is 4.74. The van der Waals surface area contributed by atoms with Crippen LogP contribution >= 0.6 is 0 Å². The van der Waals surface area contributed by atoms with Crippen LogP contribution in [0.1, 0.15) is 32.1 Å². The molecule has 1 fully saturated rings. The van der Waals surface area contributed by atoms with Gasteiger partial charge in [-0.1, -0.05) is 0 Å². The van der Waals surface area contributed by atoms with Gasteiger partial charge in [0.1, 0.15) is 0 Å². The van der Waals surface area contributed by atoms with Crippen molar-refractivity contribution in [3.63, 3.8) is 0 Å². The van der Waals surface area contributed by atoms with Gasteiger partial charge in [-0.25, -0.2) is 0 Å². The number of nitrogens with two attached hydrogens (primary N) is 1. The number of nitrogens with zero attached hydrogens (tertiary/aromatic N) is 1. The van der Waals surface area contributed by atoms with Gasteiger partial charge in [0.05, 0.1) is 0 Å². The largest absolute Gasteiger partial charge is 0.385 e. The van der Waals surface area contributed by atoms with Crippen molar-refractivity contribution in [2.75, 3.05) is 33.9 Å². The Morgan fingerprint density at radius 1 is 1.27 bits per heavy atom. The summed E-state index contributed by atoms with van der Waals surface area (Å²) >= 11 is 0. The van der Waals surface area contributed by atoms with Gasteiger partial charge in [0, 0.05) is 26.3 Å². The van der Waals surface area contributed by atoms with Crippen molar-refractivity contribution in [3.8, 4) is 0 Å². The molecule has 0 aromatic heterocycles. The minimum atomic E-state index is 0.782. The van der Waals surface area contributed by atoms with Crippen LogP contribution < -0.4 is 5.73 Å². The maximum absolute atomic E-state index is 5.69. The monoisotopic (exact) mass is 214 g/mol. The number of rotatable bonds is 6. The SMILES string of the molecule is COCCCN(C)[C@H]1CC[C@H](CN)CC1. The van der Waals surface area contributed by atoms with Gasteiger partial charge in [0.2, 0.25) is 0 Å². The third kappa shape index (κ3) is 4.49. The fourth-order valence-corrected chi connectivity index (χ4v) is 2.46. The van der Waals surface area contributed by atoms with E-state index in [0.29, 0.717) is 0 Å². The average Bonchev–Trinajstić information content (AvgIpc) is 2.29. The molecule has 0 radical (unpaired) electrons. The highest BCUT2D eigenvalue weighted by Gasteiger charge is 2.22. The molecule has 0 aliphatic heterocycles. The predicted octanol–water partition coefficient (Wildman–Crippen LogP) is 1.47. The highest BCUT2D eigenvalue weighted by atomic mass is 16.5. The molecule has 90 valence electrons. The van der Waals surface area contributed by atoms with E-state index in [4.69, 9.17) is 10.5 Å². The fraction of sp³-hybridized carbons (Fsp3) is 1.00. The summed E-state index contributed by atoms with van der Waals surface area (Å²) in [6, 6.07) is 0.782. The smallest absolute Gasteiger partial charge is 0.0474 e. The molecule has 3 nitrogen and oxygen atoms in total. The molecule has 0 aromatic carbocycles. The van der Waals surface area contributed by atoms with Gasteiger partial charge in [-0.2, -0.15) is 0 Å². The second-order valence-corrected chi connectivity index (χ2v) is 4.74. The van der Waals surface area contributed by atoms with Gasteiger partial charge in [-0.15, -0.1) is 0 Å². The zero-order valence-corrected chi connectivity index (χ0v) is 10.2. The van der Waals surface area contributed by atoms with Gasteiger partial charge in [-0.3, -0.25) is 0 Å². The lowest BCUT2D eigenvalue weighted by Crippen LogP contribution is -2.37. The molecule has 3 heteroatoms. The first-order valence-electron chi connectivity index (χ1n) is 6.17. The molecule has 0 aromatic rings. The molecule has 0 unspecified atom stereocenters. The summed E-state index contributed by atoms with van der Waals surface area (Å²) in [4.78, 5) is 2.49. The Morgan fingerprint density at radius 3 is 2.47 bits per heavy atom. The zero-order chi connectivity index (χ0) is 11.1. The van der Waals surface area contributed by atoms with Crippen LogP contribution in [0.5, 0.6) is 0 Å². The van der Waals surface area contributed by atoms with E-state index < -0.39 is 0 Å². The van der Waals surface area contributed by atoms with Crippen molar-refractivity contribution >= 4 is 0 Å². The van der Waals surface area contributed by atoms with E-state index in [0.717, 1.165) is 38.1 Å². The Hall–Kier alpha value is -0.120. The first-order chi connectivity index (χ1) is 7.27. The quantitative estimate of drug-likeness (QED) is 0.681. The molecule has 1 rings (SSSR count). The molecule has 1 aliphatic carbocycles. The molecule has 1 aliphatic rings. The summed E-state index contributed by atoms with van der Waals surface area (Å²) in [5.74, 6) is 0.786. The Kier molecular flexibility index (Phi) is 6.22. The Labute approximate surface area is 94.0 Å². The molecule has 15 heavy (non-hydrogen) atoms. The van der Waals surface area contributed by atoms with Crippen molar-refractivity contribution in [1.29, 1.82) is 0 Å². The van der Waals surface area contributed by atoms with Gasteiger partial charge < -0.3 is 15.4 Å². The van der Waals surface area contributed by atoms with Crippen LogP contribution in [-0.2, 0) is 4.74 Å². The van der Waals surface area contributed by atoms with Crippen molar-refractivity contribution in [1.82, 2.24) is 4.90 Å². The second kappa shape index (κ2) is 7.20. The van der Waals surface area contributed by atoms with Crippen LogP contribution in [0.15, 0.2) is 0 Å².